The fraction of sp³-hybridized carbons (Fsp3) is 0.929. The van der Waals surface area contributed by atoms with Gasteiger partial charge < -0.3 is 15.5 Å². The summed E-state index contributed by atoms with van der Waals surface area (Å²) in [6.07, 6.45) is 4.09. The lowest BCUT2D eigenvalue weighted by molar-refractivity contribution is -0.127. The van der Waals surface area contributed by atoms with Crippen LogP contribution >= 0.6 is 24.8 Å². The number of hydrogen-bond donors (Lipinski definition) is 2. The van der Waals surface area contributed by atoms with Crippen molar-refractivity contribution in [1.82, 2.24) is 15.5 Å². The van der Waals surface area contributed by atoms with Crippen LogP contribution in [0.3, 0.4) is 0 Å². The van der Waals surface area contributed by atoms with Gasteiger partial charge in [0.1, 0.15) is 0 Å². The molecule has 0 aromatic rings. The lowest BCUT2D eigenvalue weighted by Crippen LogP contribution is -2.54. The Morgan fingerprint density at radius 2 is 2.05 bits per heavy atom. The highest BCUT2D eigenvalue weighted by Crippen LogP contribution is 2.22. The Morgan fingerprint density at radius 1 is 1.40 bits per heavy atom. The van der Waals surface area contributed by atoms with E-state index < -0.39 is 0 Å². The van der Waals surface area contributed by atoms with Crippen LogP contribution in [-0.2, 0) is 4.79 Å². The van der Waals surface area contributed by atoms with Crippen molar-refractivity contribution in [3.63, 3.8) is 0 Å². The van der Waals surface area contributed by atoms with Gasteiger partial charge in [0.25, 0.3) is 0 Å². The summed E-state index contributed by atoms with van der Waals surface area (Å²) in [7, 11) is 2.11. The molecule has 1 amide bonds. The molecule has 0 aliphatic carbocycles. The molecule has 0 aromatic heterocycles. The molecule has 122 valence electrons. The van der Waals surface area contributed by atoms with Crippen LogP contribution in [-0.4, -0.2) is 49.1 Å². The van der Waals surface area contributed by atoms with E-state index in [1.54, 1.807) is 0 Å². The molecule has 2 N–H and O–H groups in total. The van der Waals surface area contributed by atoms with Crippen molar-refractivity contribution >= 4 is 30.7 Å². The number of likely N-dealkylation sites (N-methyl/N-ethyl adjacent to an activating group) is 1. The summed E-state index contributed by atoms with van der Waals surface area (Å²) in [6, 6.07) is 0.576. The van der Waals surface area contributed by atoms with E-state index in [4.69, 9.17) is 0 Å². The Hall–Kier alpha value is -0.0300. The summed E-state index contributed by atoms with van der Waals surface area (Å²) >= 11 is 0. The van der Waals surface area contributed by atoms with Crippen LogP contribution in [0.4, 0.5) is 0 Å². The van der Waals surface area contributed by atoms with Crippen molar-refractivity contribution in [2.45, 2.75) is 58.0 Å². The second kappa shape index (κ2) is 10.7. The van der Waals surface area contributed by atoms with Crippen LogP contribution in [0.5, 0.6) is 0 Å². The summed E-state index contributed by atoms with van der Waals surface area (Å²) in [4.78, 5) is 14.5. The molecule has 2 unspecified atom stereocenters. The molecule has 1 saturated heterocycles. The van der Waals surface area contributed by atoms with Crippen LogP contribution in [0.1, 0.15) is 46.5 Å². The first-order chi connectivity index (χ1) is 8.55. The van der Waals surface area contributed by atoms with E-state index in [1.807, 2.05) is 0 Å². The van der Waals surface area contributed by atoms with E-state index in [-0.39, 0.29) is 36.3 Å². The first-order valence-electron chi connectivity index (χ1n) is 7.29. The highest BCUT2D eigenvalue weighted by atomic mass is 35.5. The number of halogens is 2. The molecule has 20 heavy (non-hydrogen) atoms. The number of amides is 1. The minimum atomic E-state index is -0.297. The molecular formula is C14H31Cl2N3O. The fourth-order valence-corrected chi connectivity index (χ4v) is 2.51. The lowest BCUT2D eigenvalue weighted by Gasteiger charge is -2.28. The number of nitrogens with one attached hydrogen (secondary N) is 2. The molecule has 1 fully saturated rings. The van der Waals surface area contributed by atoms with Gasteiger partial charge in [0.2, 0.25) is 5.91 Å². The van der Waals surface area contributed by atoms with E-state index in [0.717, 1.165) is 45.3 Å². The summed E-state index contributed by atoms with van der Waals surface area (Å²) in [5.41, 5.74) is -0.297. The Bertz CT molecular complexity index is 271. The maximum atomic E-state index is 12.2. The van der Waals surface area contributed by atoms with Crippen LogP contribution < -0.4 is 10.6 Å². The van der Waals surface area contributed by atoms with Gasteiger partial charge in [0, 0.05) is 19.1 Å². The number of carbonyl (C=O) groups is 1. The van der Waals surface area contributed by atoms with Gasteiger partial charge >= 0.3 is 0 Å². The number of rotatable bonds is 7. The maximum absolute atomic E-state index is 12.2. The summed E-state index contributed by atoms with van der Waals surface area (Å²) < 4.78 is 0. The Kier molecular flexibility index (Phi) is 11.9. The van der Waals surface area contributed by atoms with Crippen LogP contribution in [0.2, 0.25) is 0 Å². The minimum absolute atomic E-state index is 0. The quantitative estimate of drug-likeness (QED) is 0.753. The third-order valence-corrected chi connectivity index (χ3v) is 4.38. The van der Waals surface area contributed by atoms with Crippen LogP contribution in [0.25, 0.3) is 0 Å². The lowest BCUT2D eigenvalue weighted by atomic mass is 9.93. The Balaban J connectivity index is 0. The molecule has 1 aliphatic heterocycles. The van der Waals surface area contributed by atoms with Crippen molar-refractivity contribution in [3.05, 3.63) is 0 Å². The van der Waals surface area contributed by atoms with Gasteiger partial charge in [-0.2, -0.15) is 0 Å². The monoisotopic (exact) mass is 327 g/mol. The highest BCUT2D eigenvalue weighted by Gasteiger charge is 2.38. The van der Waals surface area contributed by atoms with Crippen molar-refractivity contribution in [3.8, 4) is 0 Å². The van der Waals surface area contributed by atoms with Gasteiger partial charge in [-0.05, 0) is 46.2 Å². The molecule has 0 saturated carbocycles. The standard InChI is InChI=1S/C14H29N3O.2ClH/c1-5-12(3)17(4)11-10-15-13(18)14(6-2)8-7-9-16-14;;/h12,16H,5-11H2,1-4H3,(H,15,18);2*1H. The van der Waals surface area contributed by atoms with Crippen molar-refractivity contribution < 1.29 is 4.79 Å². The third-order valence-electron chi connectivity index (χ3n) is 4.38. The molecule has 0 bridgehead atoms. The van der Waals surface area contributed by atoms with Crippen LogP contribution in [0.15, 0.2) is 0 Å². The zero-order valence-corrected chi connectivity index (χ0v) is 14.8. The molecule has 6 heteroatoms. The minimum Gasteiger partial charge on any atom is -0.353 e. The van der Waals surface area contributed by atoms with Gasteiger partial charge in [0.15, 0.2) is 0 Å². The van der Waals surface area contributed by atoms with Gasteiger partial charge in [-0.1, -0.05) is 13.8 Å². The maximum Gasteiger partial charge on any atom is 0.240 e. The molecule has 0 radical (unpaired) electrons. The average Bonchev–Trinajstić information content (AvgIpc) is 2.87. The molecule has 1 aliphatic rings. The Morgan fingerprint density at radius 3 is 2.50 bits per heavy atom. The van der Waals surface area contributed by atoms with E-state index in [9.17, 15) is 4.79 Å². The summed E-state index contributed by atoms with van der Waals surface area (Å²) in [5.74, 6) is 0.181. The number of nitrogens with zero attached hydrogens (tertiary/aromatic N) is 1. The topological polar surface area (TPSA) is 44.4 Å². The second-order valence-electron chi connectivity index (χ2n) is 5.46. The largest absolute Gasteiger partial charge is 0.353 e. The van der Waals surface area contributed by atoms with Crippen LogP contribution in [0, 0.1) is 0 Å². The van der Waals surface area contributed by atoms with Gasteiger partial charge in [0.05, 0.1) is 5.54 Å². The first-order valence-corrected chi connectivity index (χ1v) is 7.29. The molecule has 2 atom stereocenters. The number of hydrogen-bond acceptors (Lipinski definition) is 3. The van der Waals surface area contributed by atoms with Gasteiger partial charge in [-0.25, -0.2) is 0 Å². The van der Waals surface area contributed by atoms with Crippen molar-refractivity contribution in [2.75, 3.05) is 26.7 Å². The van der Waals surface area contributed by atoms with E-state index in [0.29, 0.717) is 6.04 Å². The SMILES string of the molecule is CCC(C)N(C)CCNC(=O)C1(CC)CCCN1.Cl.Cl. The van der Waals surface area contributed by atoms with Crippen molar-refractivity contribution in [1.29, 1.82) is 0 Å². The van der Waals surface area contributed by atoms with E-state index >= 15 is 0 Å². The van der Waals surface area contributed by atoms with Gasteiger partial charge in [-0.15, -0.1) is 24.8 Å². The fourth-order valence-electron chi connectivity index (χ4n) is 2.51. The molecular weight excluding hydrogens is 297 g/mol. The molecule has 1 rings (SSSR count). The zero-order chi connectivity index (χ0) is 13.6. The summed E-state index contributed by atoms with van der Waals surface area (Å²) in [6.45, 7) is 9.11. The molecule has 0 aromatic carbocycles. The van der Waals surface area contributed by atoms with E-state index in [1.165, 1.54) is 0 Å². The predicted octanol–water partition coefficient (Wildman–Crippen LogP) is 2.21. The second-order valence-corrected chi connectivity index (χ2v) is 5.46. The molecule has 0 spiro atoms. The Labute approximate surface area is 136 Å². The highest BCUT2D eigenvalue weighted by molar-refractivity contribution is 5.86. The summed E-state index contributed by atoms with van der Waals surface area (Å²) in [5, 5.41) is 6.45. The third kappa shape index (κ3) is 5.76. The smallest absolute Gasteiger partial charge is 0.240 e. The van der Waals surface area contributed by atoms with E-state index in [2.05, 4.69) is 43.4 Å². The van der Waals surface area contributed by atoms with Gasteiger partial charge in [-0.3, -0.25) is 4.79 Å². The first kappa shape index (κ1) is 22.3. The number of carbonyl (C=O) groups excluding carboxylic acids is 1. The average molecular weight is 328 g/mol. The van der Waals surface area contributed by atoms with Crippen molar-refractivity contribution in [2.24, 2.45) is 0 Å². The molecule has 1 heterocycles. The zero-order valence-electron chi connectivity index (χ0n) is 13.2. The molecule has 4 nitrogen and oxygen atoms in total. The normalized spacial score (nSPS) is 22.9. The predicted molar refractivity (Wildman–Crippen MR) is 90.1 cm³/mol.